The molecule has 0 amide bonds. The van der Waals surface area contributed by atoms with Crippen LogP contribution < -0.4 is 17.0 Å². The third-order valence-corrected chi connectivity index (χ3v) is 8.87. The fourth-order valence-corrected chi connectivity index (χ4v) is 6.98. The van der Waals surface area contributed by atoms with Crippen LogP contribution in [0.2, 0.25) is 0 Å². The SMILES string of the molecule is Nc1nc2c(ncn2[C@@H]2OC3OPC[C@H]4[C@H](F)[C@H](n5cnc6c(N)ncnc65)O[C@@H]4CO[P+](=O)O[C@@H]2[C@@H]3F)c(=O)[nH]1. The number of imidazole rings is 2. The minimum absolute atomic E-state index is 0.00564. The highest BCUT2D eigenvalue weighted by molar-refractivity contribution is 7.33. The lowest BCUT2D eigenvalue weighted by atomic mass is 10.0. The first-order valence-electron chi connectivity index (χ1n) is 12.2. The molecule has 0 aliphatic carbocycles. The van der Waals surface area contributed by atoms with Crippen LogP contribution in [-0.4, -0.2) is 82.6 Å². The summed E-state index contributed by atoms with van der Waals surface area (Å²) >= 11 is 0. The second kappa shape index (κ2) is 10.2. The highest BCUT2D eigenvalue weighted by atomic mass is 31.1. The van der Waals surface area contributed by atoms with Crippen LogP contribution in [0.25, 0.3) is 22.3 Å². The average Bonchev–Trinajstić information content (AvgIpc) is 3.69. The van der Waals surface area contributed by atoms with Gasteiger partial charge in [-0.05, 0) is 6.16 Å². The fraction of sp³-hybridized carbons (Fsp3) is 0.500. The minimum atomic E-state index is -2.95. The molecule has 0 aromatic carbocycles. The minimum Gasteiger partial charge on any atom is -0.382 e. The summed E-state index contributed by atoms with van der Waals surface area (Å²) in [6.45, 7) is -0.328. The second-order valence-electron chi connectivity index (χ2n) is 9.43. The number of alkyl halides is 2. The second-order valence-corrected chi connectivity index (χ2v) is 11.3. The Morgan fingerprint density at radius 2 is 1.80 bits per heavy atom. The van der Waals surface area contributed by atoms with E-state index in [0.29, 0.717) is 0 Å². The van der Waals surface area contributed by atoms with Gasteiger partial charge in [-0.3, -0.25) is 18.9 Å². The number of nitrogen functional groups attached to an aromatic ring is 2. The molecule has 3 unspecified atom stereocenters. The summed E-state index contributed by atoms with van der Waals surface area (Å²) in [4.78, 5) is 34.7. The molecule has 10 atom stereocenters. The van der Waals surface area contributed by atoms with Crippen molar-refractivity contribution >= 4 is 51.2 Å². The number of nitrogens with zero attached hydrogens (tertiary/aromatic N) is 7. The van der Waals surface area contributed by atoms with Gasteiger partial charge < -0.3 is 25.5 Å². The molecule has 3 aliphatic rings. The number of anilines is 2. The lowest BCUT2D eigenvalue weighted by Gasteiger charge is -2.19. The predicted molar refractivity (Wildman–Crippen MR) is 136 cm³/mol. The van der Waals surface area contributed by atoms with Gasteiger partial charge in [0.1, 0.15) is 18.5 Å². The number of H-pyrrole nitrogens is 1. The molecule has 3 fully saturated rings. The molecule has 17 nitrogen and oxygen atoms in total. The molecule has 21 heteroatoms. The molecule has 4 aromatic heterocycles. The summed E-state index contributed by atoms with van der Waals surface area (Å²) in [6, 6.07) is 0. The van der Waals surface area contributed by atoms with Crippen LogP contribution >= 0.6 is 17.1 Å². The molecular weight excluding hydrogens is 592 g/mol. The van der Waals surface area contributed by atoms with E-state index in [2.05, 4.69) is 29.9 Å². The maximum atomic E-state index is 15.8. The van der Waals surface area contributed by atoms with Gasteiger partial charge in [-0.25, -0.2) is 28.7 Å². The van der Waals surface area contributed by atoms with Crippen LogP contribution in [0, 0.1) is 5.92 Å². The number of fused-ring (bicyclic) bond motifs is 5. The summed E-state index contributed by atoms with van der Waals surface area (Å²) in [5, 5.41) is 0. The van der Waals surface area contributed by atoms with Crippen LogP contribution in [0.3, 0.4) is 0 Å². The summed E-state index contributed by atoms with van der Waals surface area (Å²) in [7, 11) is -3.36. The van der Waals surface area contributed by atoms with Gasteiger partial charge in [0.25, 0.3) is 5.56 Å². The summed E-state index contributed by atoms with van der Waals surface area (Å²) < 4.78 is 75.1. The zero-order valence-corrected chi connectivity index (χ0v) is 22.5. The number of halogens is 2. The van der Waals surface area contributed by atoms with Gasteiger partial charge in [-0.1, -0.05) is 0 Å². The van der Waals surface area contributed by atoms with E-state index in [1.807, 2.05) is 0 Å². The molecule has 0 spiro atoms. The molecule has 7 heterocycles. The third kappa shape index (κ3) is 4.44. The van der Waals surface area contributed by atoms with Crippen molar-refractivity contribution in [3.05, 3.63) is 29.3 Å². The quantitative estimate of drug-likeness (QED) is 0.267. The van der Waals surface area contributed by atoms with Crippen molar-refractivity contribution < 1.29 is 36.4 Å². The Kier molecular flexibility index (Phi) is 6.61. The van der Waals surface area contributed by atoms with Gasteiger partial charge >= 0.3 is 8.25 Å². The Bertz CT molecular complexity index is 1710. The molecular formula is C20H21F2N10O7P2+. The van der Waals surface area contributed by atoms with Gasteiger partial charge in [-0.15, -0.1) is 9.05 Å². The predicted octanol–water partition coefficient (Wildman–Crippen LogP) is 0.851. The first-order valence-corrected chi connectivity index (χ1v) is 14.4. The van der Waals surface area contributed by atoms with Crippen molar-refractivity contribution in [2.75, 3.05) is 24.2 Å². The molecule has 5 N–H and O–H groups in total. The van der Waals surface area contributed by atoms with E-state index < -0.39 is 71.8 Å². The van der Waals surface area contributed by atoms with Crippen molar-refractivity contribution in [1.29, 1.82) is 0 Å². The molecule has 0 radical (unpaired) electrons. The Morgan fingerprint density at radius 3 is 2.63 bits per heavy atom. The van der Waals surface area contributed by atoms with E-state index in [1.165, 1.54) is 28.1 Å². The smallest absolute Gasteiger partial charge is 0.382 e. The highest BCUT2D eigenvalue weighted by Gasteiger charge is 2.55. The molecule has 2 bridgehead atoms. The molecule has 7 rings (SSSR count). The number of aromatic amines is 1. The maximum absolute atomic E-state index is 15.8. The monoisotopic (exact) mass is 613 g/mol. The zero-order chi connectivity index (χ0) is 28.4. The van der Waals surface area contributed by atoms with Crippen LogP contribution in [0.4, 0.5) is 20.5 Å². The normalized spacial score (nSPS) is 34.1. The van der Waals surface area contributed by atoms with E-state index in [9.17, 15) is 9.36 Å². The Labute approximate surface area is 229 Å². The maximum Gasteiger partial charge on any atom is 0.698 e. The van der Waals surface area contributed by atoms with Crippen molar-refractivity contribution in [2.24, 2.45) is 5.92 Å². The molecule has 41 heavy (non-hydrogen) atoms. The Hall–Kier alpha value is -3.31. The van der Waals surface area contributed by atoms with E-state index in [-0.39, 0.29) is 46.9 Å². The molecule has 4 aromatic rings. The summed E-state index contributed by atoms with van der Waals surface area (Å²) in [5.74, 6) is -0.860. The van der Waals surface area contributed by atoms with Crippen LogP contribution in [0.5, 0.6) is 0 Å². The first kappa shape index (κ1) is 26.6. The van der Waals surface area contributed by atoms with Gasteiger partial charge in [0.15, 0.2) is 59.8 Å². The van der Waals surface area contributed by atoms with Gasteiger partial charge in [0, 0.05) is 19.3 Å². The van der Waals surface area contributed by atoms with Crippen LogP contribution in [0.1, 0.15) is 12.5 Å². The van der Waals surface area contributed by atoms with Crippen molar-refractivity contribution in [3.8, 4) is 0 Å². The summed E-state index contributed by atoms with van der Waals surface area (Å²) in [5.41, 5.74) is 11.4. The van der Waals surface area contributed by atoms with E-state index in [1.54, 1.807) is 0 Å². The lowest BCUT2D eigenvalue weighted by molar-refractivity contribution is -0.109. The van der Waals surface area contributed by atoms with Gasteiger partial charge in [0.2, 0.25) is 5.95 Å². The van der Waals surface area contributed by atoms with E-state index in [4.69, 9.17) is 34.5 Å². The van der Waals surface area contributed by atoms with Crippen LogP contribution in [-0.2, 0) is 27.6 Å². The zero-order valence-electron chi connectivity index (χ0n) is 20.6. The average molecular weight is 613 g/mol. The standard InChI is InChI=1S/C20H20F2N10O7P2/c21-8-6-2-40-38-19-9(22)12(18(37-19)32-5-28-11-15(32)29-20(24)30-16(11)33)39-41(34)35-1-7(6)36-17(8)31-4-27-10-13(23)25-3-26-14(10)31/h3-9,12,17-19,40H,1-2H2,(H4-,23,24,25,26,29,30,33)/p+1/t6-,7-,8+,9+,12-,17-,18-,19?/m1/s1. The van der Waals surface area contributed by atoms with E-state index in [0.717, 1.165) is 0 Å². The highest BCUT2D eigenvalue weighted by Crippen LogP contribution is 2.46. The van der Waals surface area contributed by atoms with Gasteiger partial charge in [0.05, 0.1) is 18.8 Å². The fourth-order valence-electron chi connectivity index (χ4n) is 5.10. The van der Waals surface area contributed by atoms with Gasteiger partial charge in [-0.2, -0.15) is 4.98 Å². The summed E-state index contributed by atoms with van der Waals surface area (Å²) in [6.07, 6.45) is -5.92. The van der Waals surface area contributed by atoms with Crippen molar-refractivity contribution in [1.82, 2.24) is 39.0 Å². The largest absolute Gasteiger partial charge is 0.698 e. The molecule has 216 valence electrons. The van der Waals surface area contributed by atoms with Crippen LogP contribution in [0.15, 0.2) is 23.8 Å². The number of nitrogens with one attached hydrogen (secondary N) is 1. The number of hydrogen-bond acceptors (Lipinski definition) is 14. The number of ether oxygens (including phenoxy) is 2. The molecule has 0 saturated carbocycles. The number of nitrogens with two attached hydrogens (primary N) is 2. The number of rotatable bonds is 2. The molecule has 3 aliphatic heterocycles. The van der Waals surface area contributed by atoms with Crippen molar-refractivity contribution in [2.45, 2.75) is 43.3 Å². The number of aromatic nitrogens is 8. The first-order chi connectivity index (χ1) is 19.8. The van der Waals surface area contributed by atoms with Crippen molar-refractivity contribution in [3.63, 3.8) is 0 Å². The van der Waals surface area contributed by atoms with E-state index >= 15 is 8.78 Å². The third-order valence-electron chi connectivity index (χ3n) is 7.06. The molecule has 3 saturated heterocycles. The lowest BCUT2D eigenvalue weighted by Crippen LogP contribution is -2.32. The topological polar surface area (TPSA) is 222 Å². The Morgan fingerprint density at radius 1 is 1.02 bits per heavy atom. The Balaban J connectivity index is 1.14. The number of hydrogen-bond donors (Lipinski definition) is 3.